The predicted molar refractivity (Wildman–Crippen MR) is 62.7 cm³/mol. The fraction of sp³-hybridized carbons (Fsp3) is 0.0909. The topological polar surface area (TPSA) is 43.4 Å². The molecule has 0 aromatic heterocycles. The summed E-state index contributed by atoms with van der Waals surface area (Å²) in [6.45, 7) is 1.29. The summed E-state index contributed by atoms with van der Waals surface area (Å²) in [7, 11) is 0. The second-order valence-corrected chi connectivity index (χ2v) is 3.70. The van der Waals surface area contributed by atoms with E-state index in [1.165, 1.54) is 19.1 Å². The summed E-state index contributed by atoms with van der Waals surface area (Å²) in [6, 6.07) is 4.76. The highest BCUT2D eigenvalue weighted by Gasteiger charge is 2.04. The standard InChI is InChI=1S/C11H8Cl2O3/c1-7(14)16-10-4-2-8(6-9(10)12)3-5-11(13)15/h2-6H,1H3. The van der Waals surface area contributed by atoms with Gasteiger partial charge in [-0.15, -0.1) is 0 Å². The molecule has 5 heteroatoms. The SMILES string of the molecule is CC(=O)Oc1ccc(C=CC(=O)Cl)cc1Cl. The first kappa shape index (κ1) is 12.7. The number of hydrogen-bond donors (Lipinski definition) is 0. The Labute approximate surface area is 103 Å². The van der Waals surface area contributed by atoms with Crippen LogP contribution in [0.25, 0.3) is 6.08 Å². The number of halogens is 2. The van der Waals surface area contributed by atoms with Crippen molar-refractivity contribution in [2.75, 3.05) is 0 Å². The maximum Gasteiger partial charge on any atom is 0.308 e. The van der Waals surface area contributed by atoms with Crippen LogP contribution in [0.15, 0.2) is 24.3 Å². The Kier molecular flexibility index (Phi) is 4.52. The summed E-state index contributed by atoms with van der Waals surface area (Å²) in [5.74, 6) is -0.162. The van der Waals surface area contributed by atoms with Gasteiger partial charge in [0.25, 0.3) is 0 Å². The molecule has 0 spiro atoms. The lowest BCUT2D eigenvalue weighted by Gasteiger charge is -2.04. The zero-order chi connectivity index (χ0) is 12.1. The van der Waals surface area contributed by atoms with Gasteiger partial charge < -0.3 is 4.74 Å². The van der Waals surface area contributed by atoms with Gasteiger partial charge in [-0.2, -0.15) is 0 Å². The van der Waals surface area contributed by atoms with Gasteiger partial charge in [-0.05, 0) is 35.4 Å². The van der Waals surface area contributed by atoms with E-state index >= 15 is 0 Å². The van der Waals surface area contributed by atoms with Crippen LogP contribution < -0.4 is 4.74 Å². The summed E-state index contributed by atoms with van der Waals surface area (Å²) in [4.78, 5) is 21.2. The molecule has 0 atom stereocenters. The van der Waals surface area contributed by atoms with E-state index in [4.69, 9.17) is 27.9 Å². The zero-order valence-electron chi connectivity index (χ0n) is 8.37. The lowest BCUT2D eigenvalue weighted by atomic mass is 10.2. The van der Waals surface area contributed by atoms with Crippen LogP contribution in [0, 0.1) is 0 Å². The Hall–Kier alpha value is -1.32. The van der Waals surface area contributed by atoms with Gasteiger partial charge in [-0.1, -0.05) is 23.7 Å². The second-order valence-electron chi connectivity index (χ2n) is 2.92. The van der Waals surface area contributed by atoms with Gasteiger partial charge in [0, 0.05) is 6.92 Å². The molecule has 84 valence electrons. The van der Waals surface area contributed by atoms with Crippen LogP contribution in [0.3, 0.4) is 0 Å². The van der Waals surface area contributed by atoms with Gasteiger partial charge in [0.2, 0.25) is 5.24 Å². The van der Waals surface area contributed by atoms with E-state index in [-0.39, 0.29) is 5.75 Å². The molecular formula is C11H8Cl2O3. The summed E-state index contributed by atoms with van der Waals surface area (Å²) < 4.78 is 4.84. The largest absolute Gasteiger partial charge is 0.425 e. The van der Waals surface area contributed by atoms with E-state index in [1.54, 1.807) is 18.2 Å². The number of ether oxygens (including phenoxy) is 1. The number of carbonyl (C=O) groups is 2. The average Bonchev–Trinajstić information content (AvgIpc) is 2.18. The zero-order valence-corrected chi connectivity index (χ0v) is 9.88. The summed E-state index contributed by atoms with van der Waals surface area (Å²) in [5, 5.41) is -0.278. The van der Waals surface area contributed by atoms with E-state index in [9.17, 15) is 9.59 Å². The molecule has 0 aliphatic heterocycles. The maximum atomic E-state index is 10.7. The minimum Gasteiger partial charge on any atom is -0.425 e. The predicted octanol–water partition coefficient (Wildman–Crippen LogP) is 3.04. The van der Waals surface area contributed by atoms with E-state index in [0.29, 0.717) is 10.6 Å². The fourth-order valence-electron chi connectivity index (χ4n) is 1.02. The lowest BCUT2D eigenvalue weighted by Crippen LogP contribution is -2.01. The van der Waals surface area contributed by atoms with Gasteiger partial charge in [0.15, 0.2) is 0 Å². The van der Waals surface area contributed by atoms with Crippen LogP contribution >= 0.6 is 23.2 Å². The molecule has 0 unspecified atom stereocenters. The third-order valence-electron chi connectivity index (χ3n) is 1.62. The van der Waals surface area contributed by atoms with Crippen LogP contribution in [0.1, 0.15) is 12.5 Å². The molecule has 0 saturated carbocycles. The fourth-order valence-corrected chi connectivity index (χ4v) is 1.31. The van der Waals surface area contributed by atoms with Gasteiger partial charge in [-0.25, -0.2) is 0 Å². The van der Waals surface area contributed by atoms with Crippen molar-refractivity contribution in [3.8, 4) is 5.75 Å². The van der Waals surface area contributed by atoms with Crippen LogP contribution in [0.2, 0.25) is 5.02 Å². The molecule has 0 N–H and O–H groups in total. The maximum absolute atomic E-state index is 10.7. The monoisotopic (exact) mass is 258 g/mol. The molecule has 1 aromatic carbocycles. The molecule has 0 aliphatic carbocycles. The van der Waals surface area contributed by atoms with Crippen molar-refractivity contribution in [2.24, 2.45) is 0 Å². The molecule has 0 radical (unpaired) electrons. The van der Waals surface area contributed by atoms with Crippen molar-refractivity contribution >= 4 is 40.5 Å². The first-order valence-electron chi connectivity index (χ1n) is 4.34. The third kappa shape index (κ3) is 4.04. The Bertz CT molecular complexity index is 453. The molecule has 0 bridgehead atoms. The third-order valence-corrected chi connectivity index (χ3v) is 2.04. The highest BCUT2D eigenvalue weighted by molar-refractivity contribution is 6.66. The van der Waals surface area contributed by atoms with E-state index in [0.717, 1.165) is 0 Å². The number of benzene rings is 1. The molecular weight excluding hydrogens is 251 g/mol. The second kappa shape index (κ2) is 5.68. The number of esters is 1. The first-order valence-corrected chi connectivity index (χ1v) is 5.10. The molecule has 16 heavy (non-hydrogen) atoms. The Balaban J connectivity index is 2.90. The van der Waals surface area contributed by atoms with Gasteiger partial charge in [0.1, 0.15) is 5.75 Å². The molecule has 1 aromatic rings. The average molecular weight is 259 g/mol. The molecule has 0 heterocycles. The number of carbonyl (C=O) groups excluding carboxylic acids is 2. The molecule has 0 amide bonds. The Morgan fingerprint density at radius 1 is 1.38 bits per heavy atom. The van der Waals surface area contributed by atoms with Crippen LogP contribution in [-0.4, -0.2) is 11.2 Å². The highest BCUT2D eigenvalue weighted by Crippen LogP contribution is 2.26. The van der Waals surface area contributed by atoms with E-state index in [1.807, 2.05) is 0 Å². The minimum atomic E-state index is -0.569. The Morgan fingerprint density at radius 2 is 2.06 bits per heavy atom. The van der Waals surface area contributed by atoms with Crippen molar-refractivity contribution in [1.82, 2.24) is 0 Å². The highest BCUT2D eigenvalue weighted by atomic mass is 35.5. The molecule has 1 rings (SSSR count). The minimum absolute atomic E-state index is 0.281. The van der Waals surface area contributed by atoms with Gasteiger partial charge in [-0.3, -0.25) is 9.59 Å². The van der Waals surface area contributed by atoms with Crippen LogP contribution in [0.5, 0.6) is 5.75 Å². The molecule has 0 fully saturated rings. The van der Waals surface area contributed by atoms with E-state index in [2.05, 4.69) is 0 Å². The van der Waals surface area contributed by atoms with E-state index < -0.39 is 11.2 Å². The Morgan fingerprint density at radius 3 is 2.56 bits per heavy atom. The lowest BCUT2D eigenvalue weighted by molar-refractivity contribution is -0.131. The number of hydrogen-bond acceptors (Lipinski definition) is 3. The molecule has 0 aliphatic rings. The molecule has 0 saturated heterocycles. The quantitative estimate of drug-likeness (QED) is 0.362. The number of allylic oxidation sites excluding steroid dienone is 1. The van der Waals surface area contributed by atoms with Crippen LogP contribution in [-0.2, 0) is 9.59 Å². The van der Waals surface area contributed by atoms with Crippen molar-refractivity contribution in [3.05, 3.63) is 34.9 Å². The summed E-state index contributed by atoms with van der Waals surface area (Å²) in [5.41, 5.74) is 0.690. The van der Waals surface area contributed by atoms with Crippen molar-refractivity contribution in [2.45, 2.75) is 6.92 Å². The summed E-state index contributed by atoms with van der Waals surface area (Å²) >= 11 is 11.0. The first-order chi connectivity index (χ1) is 7.49. The smallest absolute Gasteiger partial charge is 0.308 e. The molecule has 3 nitrogen and oxygen atoms in total. The van der Waals surface area contributed by atoms with Gasteiger partial charge >= 0.3 is 5.97 Å². The normalized spacial score (nSPS) is 10.4. The summed E-state index contributed by atoms with van der Waals surface area (Å²) in [6.07, 6.45) is 2.72. The van der Waals surface area contributed by atoms with Crippen molar-refractivity contribution < 1.29 is 14.3 Å². The van der Waals surface area contributed by atoms with Crippen LogP contribution in [0.4, 0.5) is 0 Å². The number of rotatable bonds is 3. The van der Waals surface area contributed by atoms with Crippen molar-refractivity contribution in [1.29, 1.82) is 0 Å². The van der Waals surface area contributed by atoms with Crippen molar-refractivity contribution in [3.63, 3.8) is 0 Å². The van der Waals surface area contributed by atoms with Gasteiger partial charge in [0.05, 0.1) is 5.02 Å².